The van der Waals surface area contributed by atoms with Crippen molar-refractivity contribution >= 4 is 6.09 Å². The lowest BCUT2D eigenvalue weighted by molar-refractivity contribution is 0.0482. The van der Waals surface area contributed by atoms with E-state index in [4.69, 9.17) is 9.47 Å². The molecule has 0 aromatic heterocycles. The molecule has 1 aromatic rings. The zero-order valence-corrected chi connectivity index (χ0v) is 13.2. The average molecular weight is 295 g/mol. The zero-order valence-electron chi connectivity index (χ0n) is 13.2. The van der Waals surface area contributed by atoms with E-state index in [0.717, 1.165) is 17.7 Å². The van der Waals surface area contributed by atoms with Crippen LogP contribution in [-0.4, -0.2) is 30.0 Å². The van der Waals surface area contributed by atoms with Crippen molar-refractivity contribution in [3.8, 4) is 5.75 Å². The molecule has 0 radical (unpaired) electrons. The van der Waals surface area contributed by atoms with Crippen LogP contribution in [0.1, 0.15) is 45.7 Å². The number of amides is 1. The molecule has 2 N–H and O–H groups in total. The molecule has 0 fully saturated rings. The summed E-state index contributed by atoms with van der Waals surface area (Å²) >= 11 is 0. The molecule has 5 nitrogen and oxygen atoms in total. The molecule has 1 unspecified atom stereocenters. The highest BCUT2D eigenvalue weighted by Gasteiger charge is 2.20. The zero-order chi connectivity index (χ0) is 15.9. The van der Waals surface area contributed by atoms with Gasteiger partial charge in [-0.05, 0) is 44.9 Å². The Bertz CT molecular complexity index is 437. The second kappa shape index (κ2) is 7.88. The SMILES string of the molecule is CCCOc1ccc(C(CO)NC(=O)OC(C)(C)C)cc1. The van der Waals surface area contributed by atoms with Gasteiger partial charge in [0, 0.05) is 0 Å². The van der Waals surface area contributed by atoms with Gasteiger partial charge in [0.2, 0.25) is 0 Å². The monoisotopic (exact) mass is 295 g/mol. The summed E-state index contributed by atoms with van der Waals surface area (Å²) in [7, 11) is 0. The molecule has 0 spiro atoms. The average Bonchev–Trinajstić information content (AvgIpc) is 2.41. The van der Waals surface area contributed by atoms with E-state index in [1.807, 2.05) is 31.2 Å². The summed E-state index contributed by atoms with van der Waals surface area (Å²) in [4.78, 5) is 11.7. The molecule has 0 saturated heterocycles. The molecular weight excluding hydrogens is 270 g/mol. The number of alkyl carbamates (subject to hydrolysis) is 1. The van der Waals surface area contributed by atoms with Crippen LogP contribution >= 0.6 is 0 Å². The first kappa shape index (κ1) is 17.3. The van der Waals surface area contributed by atoms with Gasteiger partial charge < -0.3 is 19.9 Å². The molecule has 0 heterocycles. The van der Waals surface area contributed by atoms with Crippen LogP contribution in [-0.2, 0) is 4.74 Å². The highest BCUT2D eigenvalue weighted by molar-refractivity contribution is 5.68. The predicted octanol–water partition coefficient (Wildman–Crippen LogP) is 3.03. The number of rotatable bonds is 6. The van der Waals surface area contributed by atoms with Crippen molar-refractivity contribution in [1.29, 1.82) is 0 Å². The summed E-state index contributed by atoms with van der Waals surface area (Å²) in [5, 5.41) is 12.1. The normalized spacial score (nSPS) is 12.6. The minimum absolute atomic E-state index is 0.200. The van der Waals surface area contributed by atoms with E-state index in [1.54, 1.807) is 20.8 Å². The van der Waals surface area contributed by atoms with Crippen LogP contribution < -0.4 is 10.1 Å². The molecule has 0 saturated carbocycles. The highest BCUT2D eigenvalue weighted by atomic mass is 16.6. The van der Waals surface area contributed by atoms with E-state index in [1.165, 1.54) is 0 Å². The van der Waals surface area contributed by atoms with Gasteiger partial charge in [-0.1, -0.05) is 19.1 Å². The van der Waals surface area contributed by atoms with Gasteiger partial charge in [-0.2, -0.15) is 0 Å². The van der Waals surface area contributed by atoms with Crippen LogP contribution in [0.15, 0.2) is 24.3 Å². The highest BCUT2D eigenvalue weighted by Crippen LogP contribution is 2.18. The van der Waals surface area contributed by atoms with Gasteiger partial charge in [-0.3, -0.25) is 0 Å². The van der Waals surface area contributed by atoms with Gasteiger partial charge >= 0.3 is 6.09 Å². The van der Waals surface area contributed by atoms with Crippen LogP contribution in [0, 0.1) is 0 Å². The number of carbonyl (C=O) groups is 1. The summed E-state index contributed by atoms with van der Waals surface area (Å²) in [5.41, 5.74) is 0.231. The first-order valence-corrected chi connectivity index (χ1v) is 7.19. The third-order valence-corrected chi connectivity index (χ3v) is 2.63. The molecule has 21 heavy (non-hydrogen) atoms. The van der Waals surface area contributed by atoms with Crippen LogP contribution in [0.2, 0.25) is 0 Å². The van der Waals surface area contributed by atoms with Crippen molar-refractivity contribution in [2.75, 3.05) is 13.2 Å². The second-order valence-electron chi connectivity index (χ2n) is 5.80. The van der Waals surface area contributed by atoms with E-state index in [-0.39, 0.29) is 6.61 Å². The minimum atomic E-state index is -0.568. The van der Waals surface area contributed by atoms with Crippen LogP contribution in [0.25, 0.3) is 0 Å². The Hall–Kier alpha value is -1.75. The Labute approximate surface area is 126 Å². The Morgan fingerprint density at radius 1 is 1.29 bits per heavy atom. The maximum atomic E-state index is 11.7. The van der Waals surface area contributed by atoms with Gasteiger partial charge in [-0.15, -0.1) is 0 Å². The van der Waals surface area contributed by atoms with E-state index in [0.29, 0.717) is 6.61 Å². The second-order valence-corrected chi connectivity index (χ2v) is 5.80. The van der Waals surface area contributed by atoms with Crippen molar-refractivity contribution < 1.29 is 19.4 Å². The van der Waals surface area contributed by atoms with Crippen molar-refractivity contribution in [3.05, 3.63) is 29.8 Å². The third kappa shape index (κ3) is 6.49. The number of aliphatic hydroxyl groups excluding tert-OH is 1. The molecule has 1 rings (SSSR count). The Kier molecular flexibility index (Phi) is 6.49. The van der Waals surface area contributed by atoms with Crippen LogP contribution in [0.3, 0.4) is 0 Å². The standard InChI is InChI=1S/C16H25NO4/c1-5-10-20-13-8-6-12(7-9-13)14(11-18)17-15(19)21-16(2,3)4/h6-9,14,18H,5,10-11H2,1-4H3,(H,17,19). The van der Waals surface area contributed by atoms with E-state index < -0.39 is 17.7 Å². The summed E-state index contributed by atoms with van der Waals surface area (Å²) in [5.74, 6) is 0.773. The molecule has 1 aromatic carbocycles. The molecular formula is C16H25NO4. The summed E-state index contributed by atoms with van der Waals surface area (Å²) in [6.45, 7) is 7.88. The van der Waals surface area contributed by atoms with Crippen molar-refractivity contribution in [2.45, 2.75) is 45.8 Å². The molecule has 5 heteroatoms. The molecule has 118 valence electrons. The van der Waals surface area contributed by atoms with Gasteiger partial charge in [0.05, 0.1) is 19.3 Å². The van der Waals surface area contributed by atoms with Gasteiger partial charge in [0.15, 0.2) is 0 Å². The fourth-order valence-corrected chi connectivity index (χ4v) is 1.70. The fraction of sp³-hybridized carbons (Fsp3) is 0.562. The molecule has 1 amide bonds. The smallest absolute Gasteiger partial charge is 0.408 e. The van der Waals surface area contributed by atoms with Crippen molar-refractivity contribution in [2.24, 2.45) is 0 Å². The number of hydrogen-bond donors (Lipinski definition) is 2. The van der Waals surface area contributed by atoms with Crippen LogP contribution in [0.4, 0.5) is 4.79 Å². The number of ether oxygens (including phenoxy) is 2. The lowest BCUT2D eigenvalue weighted by atomic mass is 10.1. The molecule has 0 aliphatic rings. The number of hydrogen-bond acceptors (Lipinski definition) is 4. The number of carbonyl (C=O) groups excluding carboxylic acids is 1. The Balaban J connectivity index is 2.65. The summed E-state index contributed by atoms with van der Waals surface area (Å²) < 4.78 is 10.7. The van der Waals surface area contributed by atoms with Crippen LogP contribution in [0.5, 0.6) is 5.75 Å². The van der Waals surface area contributed by atoms with E-state index in [9.17, 15) is 9.90 Å². The molecule has 0 aliphatic heterocycles. The lowest BCUT2D eigenvalue weighted by Gasteiger charge is -2.23. The largest absolute Gasteiger partial charge is 0.494 e. The van der Waals surface area contributed by atoms with Crippen molar-refractivity contribution in [1.82, 2.24) is 5.32 Å². The van der Waals surface area contributed by atoms with Gasteiger partial charge in [-0.25, -0.2) is 4.79 Å². The number of nitrogens with one attached hydrogen (secondary N) is 1. The lowest BCUT2D eigenvalue weighted by Crippen LogP contribution is -2.36. The molecule has 1 atom stereocenters. The summed E-state index contributed by atoms with van der Waals surface area (Å²) in [6, 6.07) is 6.79. The summed E-state index contributed by atoms with van der Waals surface area (Å²) in [6.07, 6.45) is 0.397. The Morgan fingerprint density at radius 3 is 2.38 bits per heavy atom. The van der Waals surface area contributed by atoms with Gasteiger partial charge in [0.1, 0.15) is 11.4 Å². The molecule has 0 bridgehead atoms. The Morgan fingerprint density at radius 2 is 1.90 bits per heavy atom. The maximum absolute atomic E-state index is 11.7. The number of benzene rings is 1. The van der Waals surface area contributed by atoms with E-state index in [2.05, 4.69) is 5.32 Å². The maximum Gasteiger partial charge on any atom is 0.408 e. The van der Waals surface area contributed by atoms with Gasteiger partial charge in [0.25, 0.3) is 0 Å². The molecule has 0 aliphatic carbocycles. The fourth-order valence-electron chi connectivity index (χ4n) is 1.70. The topological polar surface area (TPSA) is 67.8 Å². The quantitative estimate of drug-likeness (QED) is 0.846. The first-order chi connectivity index (χ1) is 9.85. The third-order valence-electron chi connectivity index (χ3n) is 2.63. The van der Waals surface area contributed by atoms with E-state index >= 15 is 0 Å². The van der Waals surface area contributed by atoms with Crippen molar-refractivity contribution in [3.63, 3.8) is 0 Å². The number of aliphatic hydroxyl groups is 1. The first-order valence-electron chi connectivity index (χ1n) is 7.19. The predicted molar refractivity (Wildman–Crippen MR) is 81.4 cm³/mol. The minimum Gasteiger partial charge on any atom is -0.494 e.